The zero-order valence-corrected chi connectivity index (χ0v) is 14.9. The number of benzene rings is 2. The first-order valence-electron chi connectivity index (χ1n) is 6.84. The predicted molar refractivity (Wildman–Crippen MR) is 91.8 cm³/mol. The maximum absolute atomic E-state index is 12.5. The molecule has 128 valence electrons. The standard InChI is InChI=1S/C16H16ClNO5S/c1-10(19)11-5-4-6-12(7-11)24(20,21)18-14-9-16(23-3)15(22-2)8-13(14)17/h4-9,18H,1-3H3. The summed E-state index contributed by atoms with van der Waals surface area (Å²) in [5, 5.41) is 0.152. The van der Waals surface area contributed by atoms with Gasteiger partial charge in [-0.3, -0.25) is 9.52 Å². The number of anilines is 1. The topological polar surface area (TPSA) is 81.7 Å². The molecule has 0 radical (unpaired) electrons. The van der Waals surface area contributed by atoms with Crippen LogP contribution in [-0.4, -0.2) is 28.4 Å². The van der Waals surface area contributed by atoms with Crippen LogP contribution in [0.4, 0.5) is 5.69 Å². The molecule has 0 heterocycles. The second-order valence-electron chi connectivity index (χ2n) is 4.88. The molecule has 2 rings (SSSR count). The molecule has 0 atom stereocenters. The van der Waals surface area contributed by atoms with Crippen LogP contribution in [-0.2, 0) is 10.0 Å². The van der Waals surface area contributed by atoms with Gasteiger partial charge >= 0.3 is 0 Å². The molecular formula is C16H16ClNO5S. The van der Waals surface area contributed by atoms with Crippen molar-refractivity contribution < 1.29 is 22.7 Å². The number of sulfonamides is 1. The number of nitrogens with one attached hydrogen (secondary N) is 1. The average Bonchev–Trinajstić information content (AvgIpc) is 2.56. The lowest BCUT2D eigenvalue weighted by Gasteiger charge is -2.14. The molecule has 2 aromatic carbocycles. The summed E-state index contributed by atoms with van der Waals surface area (Å²) >= 11 is 6.10. The lowest BCUT2D eigenvalue weighted by atomic mass is 10.2. The molecule has 0 unspecified atom stereocenters. The van der Waals surface area contributed by atoms with E-state index in [9.17, 15) is 13.2 Å². The molecule has 0 fully saturated rings. The van der Waals surface area contributed by atoms with Crippen LogP contribution in [0, 0.1) is 0 Å². The molecule has 0 aromatic heterocycles. The lowest BCUT2D eigenvalue weighted by molar-refractivity contribution is 0.101. The highest BCUT2D eigenvalue weighted by Crippen LogP contribution is 2.36. The Morgan fingerprint density at radius 3 is 2.29 bits per heavy atom. The maximum atomic E-state index is 12.5. The van der Waals surface area contributed by atoms with Crippen LogP contribution in [0.5, 0.6) is 11.5 Å². The van der Waals surface area contributed by atoms with Crippen molar-refractivity contribution in [2.45, 2.75) is 11.8 Å². The van der Waals surface area contributed by atoms with E-state index < -0.39 is 10.0 Å². The van der Waals surface area contributed by atoms with E-state index in [1.807, 2.05) is 0 Å². The number of ether oxygens (including phenoxy) is 2. The van der Waals surface area contributed by atoms with Gasteiger partial charge in [0.25, 0.3) is 10.0 Å². The number of rotatable bonds is 6. The highest BCUT2D eigenvalue weighted by molar-refractivity contribution is 7.92. The monoisotopic (exact) mass is 369 g/mol. The van der Waals surface area contributed by atoms with Crippen LogP contribution in [0.15, 0.2) is 41.3 Å². The van der Waals surface area contributed by atoms with Gasteiger partial charge in [-0.15, -0.1) is 0 Å². The van der Waals surface area contributed by atoms with Crippen molar-refractivity contribution in [3.05, 3.63) is 47.0 Å². The first kappa shape index (κ1) is 18.1. The Balaban J connectivity index is 2.43. The SMILES string of the molecule is COc1cc(Cl)c(NS(=O)(=O)c2cccc(C(C)=O)c2)cc1OC. The molecule has 0 aliphatic heterocycles. The fourth-order valence-electron chi connectivity index (χ4n) is 2.02. The molecule has 0 saturated carbocycles. The third kappa shape index (κ3) is 3.80. The Labute approximate surface area is 145 Å². The fraction of sp³-hybridized carbons (Fsp3) is 0.188. The van der Waals surface area contributed by atoms with Gasteiger partial charge in [-0.1, -0.05) is 23.7 Å². The summed E-state index contributed by atoms with van der Waals surface area (Å²) in [7, 11) is -1.04. The van der Waals surface area contributed by atoms with E-state index in [0.29, 0.717) is 17.1 Å². The van der Waals surface area contributed by atoms with Crippen LogP contribution in [0.3, 0.4) is 0 Å². The number of Topliss-reactive ketones (excluding diaryl/α,β-unsaturated/α-hetero) is 1. The molecule has 0 aliphatic carbocycles. The Kier molecular flexibility index (Phi) is 5.36. The fourth-order valence-corrected chi connectivity index (χ4v) is 3.39. The van der Waals surface area contributed by atoms with Gasteiger partial charge in [0, 0.05) is 17.7 Å². The molecule has 0 amide bonds. The number of ketones is 1. The van der Waals surface area contributed by atoms with Gasteiger partial charge in [-0.2, -0.15) is 0 Å². The molecule has 0 spiro atoms. The van der Waals surface area contributed by atoms with E-state index in [1.165, 1.54) is 51.5 Å². The maximum Gasteiger partial charge on any atom is 0.261 e. The number of halogens is 1. The van der Waals surface area contributed by atoms with E-state index in [2.05, 4.69) is 4.72 Å². The first-order chi connectivity index (χ1) is 11.3. The molecule has 8 heteroatoms. The highest BCUT2D eigenvalue weighted by atomic mass is 35.5. The summed E-state index contributed by atoms with van der Waals surface area (Å²) in [4.78, 5) is 11.4. The molecule has 0 bridgehead atoms. The average molecular weight is 370 g/mol. The molecule has 6 nitrogen and oxygen atoms in total. The van der Waals surface area contributed by atoms with Crippen LogP contribution < -0.4 is 14.2 Å². The minimum atomic E-state index is -3.92. The predicted octanol–water partition coefficient (Wildman–Crippen LogP) is 3.36. The quantitative estimate of drug-likeness (QED) is 0.789. The van der Waals surface area contributed by atoms with Crippen LogP contribution in [0.2, 0.25) is 5.02 Å². The Hall–Kier alpha value is -2.25. The Bertz CT molecular complexity index is 880. The normalized spacial score (nSPS) is 11.0. The Morgan fingerprint density at radius 1 is 1.08 bits per heavy atom. The number of hydrogen-bond donors (Lipinski definition) is 1. The van der Waals surface area contributed by atoms with Crippen LogP contribution >= 0.6 is 11.6 Å². The van der Waals surface area contributed by atoms with Crippen molar-refractivity contribution >= 4 is 33.1 Å². The van der Waals surface area contributed by atoms with Gasteiger partial charge < -0.3 is 9.47 Å². The van der Waals surface area contributed by atoms with Crippen LogP contribution in [0.25, 0.3) is 0 Å². The first-order valence-corrected chi connectivity index (χ1v) is 8.70. The smallest absolute Gasteiger partial charge is 0.261 e. The molecular weight excluding hydrogens is 354 g/mol. The number of carbonyl (C=O) groups excluding carboxylic acids is 1. The van der Waals surface area contributed by atoms with Gasteiger partial charge in [0.1, 0.15) is 0 Å². The van der Waals surface area contributed by atoms with Crippen LogP contribution in [0.1, 0.15) is 17.3 Å². The number of methoxy groups -OCH3 is 2. The van der Waals surface area contributed by atoms with E-state index in [0.717, 1.165) is 0 Å². The van der Waals surface area contributed by atoms with E-state index in [1.54, 1.807) is 6.07 Å². The van der Waals surface area contributed by atoms with Crippen molar-refractivity contribution in [3.8, 4) is 11.5 Å². The zero-order valence-electron chi connectivity index (χ0n) is 13.3. The zero-order chi connectivity index (χ0) is 17.9. The van der Waals surface area contributed by atoms with E-state index >= 15 is 0 Å². The largest absolute Gasteiger partial charge is 0.493 e. The van der Waals surface area contributed by atoms with Gasteiger partial charge in [0.15, 0.2) is 17.3 Å². The minimum Gasteiger partial charge on any atom is -0.493 e. The second kappa shape index (κ2) is 7.11. The van der Waals surface area contributed by atoms with E-state index in [4.69, 9.17) is 21.1 Å². The summed E-state index contributed by atoms with van der Waals surface area (Å²) in [5.41, 5.74) is 0.443. The molecule has 24 heavy (non-hydrogen) atoms. The summed E-state index contributed by atoms with van der Waals surface area (Å²) in [5.74, 6) is 0.484. The molecule has 1 N–H and O–H groups in total. The summed E-state index contributed by atoms with van der Waals surface area (Å²) in [6.07, 6.45) is 0. The molecule has 2 aromatic rings. The number of carbonyl (C=O) groups is 1. The lowest BCUT2D eigenvalue weighted by Crippen LogP contribution is -2.14. The summed E-state index contributed by atoms with van der Waals surface area (Å²) < 4.78 is 37.7. The second-order valence-corrected chi connectivity index (χ2v) is 6.97. The summed E-state index contributed by atoms with van der Waals surface area (Å²) in [6.45, 7) is 1.37. The van der Waals surface area contributed by atoms with Gasteiger partial charge in [-0.25, -0.2) is 8.42 Å². The van der Waals surface area contributed by atoms with Gasteiger partial charge in [0.2, 0.25) is 0 Å². The van der Waals surface area contributed by atoms with E-state index in [-0.39, 0.29) is 21.4 Å². The van der Waals surface area contributed by atoms with Crippen molar-refractivity contribution in [1.29, 1.82) is 0 Å². The number of hydrogen-bond acceptors (Lipinski definition) is 5. The third-order valence-electron chi connectivity index (χ3n) is 3.27. The summed E-state index contributed by atoms with van der Waals surface area (Å²) in [6, 6.07) is 8.62. The minimum absolute atomic E-state index is 0.0407. The van der Waals surface area contributed by atoms with Crippen molar-refractivity contribution in [1.82, 2.24) is 0 Å². The van der Waals surface area contributed by atoms with Gasteiger partial charge in [-0.05, 0) is 19.1 Å². The highest BCUT2D eigenvalue weighted by Gasteiger charge is 2.19. The van der Waals surface area contributed by atoms with Gasteiger partial charge in [0.05, 0.1) is 29.8 Å². The molecule has 0 aliphatic rings. The van der Waals surface area contributed by atoms with Crippen molar-refractivity contribution in [3.63, 3.8) is 0 Å². The van der Waals surface area contributed by atoms with Crippen molar-refractivity contribution in [2.24, 2.45) is 0 Å². The molecule has 0 saturated heterocycles. The Morgan fingerprint density at radius 2 is 1.71 bits per heavy atom. The van der Waals surface area contributed by atoms with Crippen molar-refractivity contribution in [2.75, 3.05) is 18.9 Å². The third-order valence-corrected chi connectivity index (χ3v) is 4.94.